The fourth-order valence-electron chi connectivity index (χ4n) is 1.65. The van der Waals surface area contributed by atoms with Crippen LogP contribution >= 0.6 is 22.9 Å². The summed E-state index contributed by atoms with van der Waals surface area (Å²) in [7, 11) is 0. The Morgan fingerprint density at radius 3 is 2.82 bits per heavy atom. The molecule has 84 valence electrons. The van der Waals surface area contributed by atoms with E-state index in [1.807, 2.05) is 28.8 Å². The molecule has 0 fully saturated rings. The normalized spacial score (nSPS) is 10.9. The molecule has 3 aromatic rings. The number of carbonyl (C=O) groups excluding carboxylic acids is 1. The number of thiophene rings is 1. The van der Waals surface area contributed by atoms with Gasteiger partial charge in [0, 0.05) is 18.0 Å². The first kappa shape index (κ1) is 10.5. The monoisotopic (exact) mass is 262 g/mol. The smallest absolute Gasteiger partial charge is 0.151 e. The molecule has 0 aliphatic carbocycles. The molecule has 0 amide bonds. The minimum Gasteiger partial charge on any atom is -0.306 e. The van der Waals surface area contributed by atoms with E-state index in [2.05, 4.69) is 4.98 Å². The average Bonchev–Trinajstić information content (AvgIpc) is 2.93. The Morgan fingerprint density at radius 1 is 1.24 bits per heavy atom. The van der Waals surface area contributed by atoms with Crippen LogP contribution < -0.4 is 0 Å². The first-order chi connectivity index (χ1) is 8.26. The number of fused-ring (bicyclic) bond motifs is 1. The molecule has 0 spiro atoms. The Labute approximate surface area is 106 Å². The molecule has 0 radical (unpaired) electrons. The fourth-order valence-corrected chi connectivity index (χ4v) is 2.65. The predicted molar refractivity (Wildman–Crippen MR) is 68.9 cm³/mol. The fraction of sp³-hybridized carbons (Fsp3) is 0. The molecule has 0 saturated heterocycles. The highest BCUT2D eigenvalue weighted by molar-refractivity contribution is 7.19. The Morgan fingerprint density at radius 2 is 2.12 bits per heavy atom. The maximum Gasteiger partial charge on any atom is 0.151 e. The van der Waals surface area contributed by atoms with Crippen molar-refractivity contribution in [1.29, 1.82) is 0 Å². The molecule has 0 bridgehead atoms. The molecule has 0 N–H and O–H groups in total. The van der Waals surface area contributed by atoms with Gasteiger partial charge in [-0.05, 0) is 24.3 Å². The highest BCUT2D eigenvalue weighted by Crippen LogP contribution is 2.30. The van der Waals surface area contributed by atoms with Crippen molar-refractivity contribution >= 4 is 34.9 Å². The topological polar surface area (TPSA) is 34.4 Å². The lowest BCUT2D eigenvalue weighted by Gasteiger charge is -1.92. The summed E-state index contributed by atoms with van der Waals surface area (Å²) in [5, 5.41) is 0. The van der Waals surface area contributed by atoms with Gasteiger partial charge in [0.05, 0.1) is 14.9 Å². The number of imidazole rings is 1. The van der Waals surface area contributed by atoms with Gasteiger partial charge >= 0.3 is 0 Å². The second kappa shape index (κ2) is 3.98. The summed E-state index contributed by atoms with van der Waals surface area (Å²) in [5.74, 6) is 0. The van der Waals surface area contributed by atoms with Gasteiger partial charge < -0.3 is 4.40 Å². The maximum absolute atomic E-state index is 10.7. The van der Waals surface area contributed by atoms with Crippen LogP contribution in [0.25, 0.3) is 16.2 Å². The number of nitrogens with zero attached hydrogens (tertiary/aromatic N) is 2. The van der Waals surface area contributed by atoms with Gasteiger partial charge in [-0.3, -0.25) is 4.79 Å². The first-order valence-corrected chi connectivity index (χ1v) is 6.15. The van der Waals surface area contributed by atoms with Gasteiger partial charge in [-0.15, -0.1) is 11.3 Å². The number of rotatable bonds is 2. The minimum atomic E-state index is 0.630. The van der Waals surface area contributed by atoms with Crippen molar-refractivity contribution < 1.29 is 4.79 Å². The van der Waals surface area contributed by atoms with Crippen LogP contribution in [0.3, 0.4) is 0 Å². The predicted octanol–water partition coefficient (Wildman–Crippen LogP) is 3.53. The standard InChI is InChI=1S/C12H7ClN2OS/c13-11-3-2-10(17-11)9-6-15-5-8(7-16)1-4-12(15)14-9/h1-7H. The van der Waals surface area contributed by atoms with E-state index in [9.17, 15) is 4.79 Å². The molecule has 3 aromatic heterocycles. The Hall–Kier alpha value is -1.65. The van der Waals surface area contributed by atoms with Crippen molar-refractivity contribution in [1.82, 2.24) is 9.38 Å². The molecule has 0 aromatic carbocycles. The summed E-state index contributed by atoms with van der Waals surface area (Å²) in [5.41, 5.74) is 2.31. The molecule has 17 heavy (non-hydrogen) atoms. The van der Waals surface area contributed by atoms with Crippen LogP contribution in [-0.4, -0.2) is 15.7 Å². The summed E-state index contributed by atoms with van der Waals surface area (Å²) in [6, 6.07) is 7.36. The molecule has 3 heterocycles. The lowest BCUT2D eigenvalue weighted by molar-refractivity contribution is 0.112. The number of hydrogen-bond donors (Lipinski definition) is 0. The highest BCUT2D eigenvalue weighted by atomic mass is 35.5. The minimum absolute atomic E-state index is 0.630. The van der Waals surface area contributed by atoms with Crippen LogP contribution in [0, 0.1) is 0 Å². The lowest BCUT2D eigenvalue weighted by Crippen LogP contribution is -1.86. The van der Waals surface area contributed by atoms with Crippen molar-refractivity contribution in [3.05, 3.63) is 46.6 Å². The number of aromatic nitrogens is 2. The summed E-state index contributed by atoms with van der Waals surface area (Å²) in [6.07, 6.45) is 4.47. The molecule has 0 saturated carbocycles. The average molecular weight is 263 g/mol. The Bertz CT molecular complexity index is 701. The van der Waals surface area contributed by atoms with Crippen molar-refractivity contribution in [3.63, 3.8) is 0 Å². The zero-order chi connectivity index (χ0) is 11.8. The molecule has 0 atom stereocenters. The maximum atomic E-state index is 10.7. The zero-order valence-corrected chi connectivity index (χ0v) is 10.2. The Kier molecular flexibility index (Phi) is 2.46. The van der Waals surface area contributed by atoms with E-state index < -0.39 is 0 Å². The summed E-state index contributed by atoms with van der Waals surface area (Å²) in [6.45, 7) is 0. The van der Waals surface area contributed by atoms with E-state index >= 15 is 0 Å². The molecule has 3 nitrogen and oxygen atoms in total. The van der Waals surface area contributed by atoms with Gasteiger partial charge in [0.25, 0.3) is 0 Å². The third-order valence-corrected chi connectivity index (χ3v) is 3.69. The van der Waals surface area contributed by atoms with Crippen molar-refractivity contribution in [2.24, 2.45) is 0 Å². The quantitative estimate of drug-likeness (QED) is 0.662. The van der Waals surface area contributed by atoms with Crippen LogP contribution in [0.4, 0.5) is 0 Å². The second-order valence-electron chi connectivity index (χ2n) is 3.58. The van der Waals surface area contributed by atoms with Crippen molar-refractivity contribution in [2.75, 3.05) is 0 Å². The molecular weight excluding hydrogens is 256 g/mol. The van der Waals surface area contributed by atoms with E-state index in [1.165, 1.54) is 11.3 Å². The Balaban J connectivity index is 2.16. The third-order valence-electron chi connectivity index (χ3n) is 2.44. The van der Waals surface area contributed by atoms with E-state index in [4.69, 9.17) is 11.6 Å². The van der Waals surface area contributed by atoms with E-state index in [0.29, 0.717) is 5.56 Å². The van der Waals surface area contributed by atoms with Crippen LogP contribution in [0.5, 0.6) is 0 Å². The van der Waals surface area contributed by atoms with Gasteiger partial charge in [0.1, 0.15) is 5.65 Å². The molecule has 0 aliphatic heterocycles. The molecular formula is C12H7ClN2OS. The molecule has 0 unspecified atom stereocenters. The third kappa shape index (κ3) is 1.85. The van der Waals surface area contributed by atoms with Crippen molar-refractivity contribution in [3.8, 4) is 10.6 Å². The van der Waals surface area contributed by atoms with Gasteiger partial charge in [0.2, 0.25) is 0 Å². The summed E-state index contributed by atoms with van der Waals surface area (Å²) >= 11 is 7.38. The largest absolute Gasteiger partial charge is 0.306 e. The zero-order valence-electron chi connectivity index (χ0n) is 8.63. The SMILES string of the molecule is O=Cc1ccc2nc(-c3ccc(Cl)s3)cn2c1. The second-order valence-corrected chi connectivity index (χ2v) is 5.29. The van der Waals surface area contributed by atoms with E-state index in [-0.39, 0.29) is 0 Å². The van der Waals surface area contributed by atoms with Crippen LogP contribution in [0.1, 0.15) is 10.4 Å². The number of aldehydes is 1. The molecule has 0 aliphatic rings. The van der Waals surface area contributed by atoms with Gasteiger partial charge in [-0.2, -0.15) is 0 Å². The van der Waals surface area contributed by atoms with Crippen LogP contribution in [0.15, 0.2) is 36.7 Å². The number of pyridine rings is 1. The summed E-state index contributed by atoms with van der Waals surface area (Å²) < 4.78 is 2.58. The van der Waals surface area contributed by atoms with Crippen LogP contribution in [0.2, 0.25) is 4.34 Å². The van der Waals surface area contributed by atoms with Gasteiger partial charge in [-0.1, -0.05) is 11.6 Å². The van der Waals surface area contributed by atoms with Gasteiger partial charge in [0.15, 0.2) is 6.29 Å². The van der Waals surface area contributed by atoms with Crippen molar-refractivity contribution in [2.45, 2.75) is 0 Å². The summed E-state index contributed by atoms with van der Waals surface area (Å²) in [4.78, 5) is 16.2. The number of hydrogen-bond acceptors (Lipinski definition) is 3. The highest BCUT2D eigenvalue weighted by Gasteiger charge is 2.07. The lowest BCUT2D eigenvalue weighted by atomic mass is 10.3. The van der Waals surface area contributed by atoms with E-state index in [0.717, 1.165) is 26.8 Å². The molecule has 3 rings (SSSR count). The van der Waals surface area contributed by atoms with Gasteiger partial charge in [-0.25, -0.2) is 4.98 Å². The first-order valence-electron chi connectivity index (χ1n) is 4.96. The molecule has 5 heteroatoms. The van der Waals surface area contributed by atoms with E-state index in [1.54, 1.807) is 12.3 Å². The van der Waals surface area contributed by atoms with Crippen LogP contribution in [-0.2, 0) is 0 Å². The number of carbonyl (C=O) groups is 1. The number of halogens is 1.